The molecule has 0 N–H and O–H groups in total. The molecule has 15 rings (SSSR count). The van der Waals surface area contributed by atoms with E-state index in [0.29, 0.717) is 0 Å². The van der Waals surface area contributed by atoms with Gasteiger partial charge in [0.05, 0.1) is 0 Å². The van der Waals surface area contributed by atoms with Gasteiger partial charge in [0, 0.05) is 72.5 Å². The zero-order valence-corrected chi connectivity index (χ0v) is 52.1. The van der Waals surface area contributed by atoms with E-state index in [1.807, 2.05) is 0 Å². The van der Waals surface area contributed by atoms with Gasteiger partial charge in [-0.2, -0.15) is 0 Å². The highest BCUT2D eigenvalue weighted by molar-refractivity contribution is 6.64. The van der Waals surface area contributed by atoms with E-state index in [-0.39, 0.29) is 0 Å². The third-order valence-corrected chi connectivity index (χ3v) is 30.6. The molecule has 15 aliphatic rings. The Kier molecular flexibility index (Phi) is 15.6. The van der Waals surface area contributed by atoms with Gasteiger partial charge < -0.3 is 0 Å². The molecule has 0 spiro atoms. The molecule has 22 atom stereocenters. The summed E-state index contributed by atoms with van der Waals surface area (Å²) in [7, 11) is 0. The molecule has 0 radical (unpaired) electrons. The molecule has 0 aromatic carbocycles. The first-order valence-electron chi connectivity index (χ1n) is 37.2. The molecule has 0 amide bonds. The van der Waals surface area contributed by atoms with Crippen LogP contribution in [0.2, 0.25) is 17.5 Å². The second-order valence-corrected chi connectivity index (χ2v) is 34.2. The van der Waals surface area contributed by atoms with Crippen molar-refractivity contribution >= 4 is 6.71 Å². The molecule has 4 nitrogen and oxygen atoms in total. The van der Waals surface area contributed by atoms with E-state index < -0.39 is 0 Å². The molecule has 0 aromatic heterocycles. The normalized spacial score (nSPS) is 54.5. The van der Waals surface area contributed by atoms with Gasteiger partial charge in [-0.15, -0.1) is 0 Å². The molecule has 4 heterocycles. The molecule has 11 aliphatic carbocycles. The number of likely N-dealkylation sites (tertiary alicyclic amines) is 4. The summed E-state index contributed by atoms with van der Waals surface area (Å²) in [4.78, 5) is 13.8. The average Bonchev–Trinajstić information content (AvgIpc) is 4.26. The van der Waals surface area contributed by atoms with Gasteiger partial charge in [-0.25, -0.2) is 0 Å². The summed E-state index contributed by atoms with van der Waals surface area (Å²) in [6.07, 6.45) is 55.1. The zero-order valence-electron chi connectivity index (χ0n) is 52.1. The maximum atomic E-state index is 3.55. The molecular weight excluding hydrogens is 944 g/mol. The number of nitrogens with zero attached hydrogens (tertiary/aromatic N) is 4. The Bertz CT molecular complexity index is 1870. The van der Waals surface area contributed by atoms with Crippen molar-refractivity contribution in [1.29, 1.82) is 0 Å². The second-order valence-electron chi connectivity index (χ2n) is 34.2. The van der Waals surface area contributed by atoms with Crippen LogP contribution in [0.25, 0.3) is 0 Å². The minimum absolute atomic E-state index is 0.836. The Morgan fingerprint density at radius 1 is 0.244 bits per heavy atom. The van der Waals surface area contributed by atoms with Crippen LogP contribution in [0, 0.1) is 88.8 Å². The van der Waals surface area contributed by atoms with Crippen LogP contribution in [-0.2, 0) is 0 Å². The average molecular weight is 1070 g/mol. The van der Waals surface area contributed by atoms with E-state index in [0.717, 1.165) is 185 Å². The third kappa shape index (κ3) is 8.97. The number of rotatable bonds is 7. The summed E-state index contributed by atoms with van der Waals surface area (Å²) in [5, 5.41) is 0. The lowest BCUT2D eigenvalue weighted by Crippen LogP contribution is -2.59. The predicted octanol–water partition coefficient (Wildman–Crippen LogP) is 17.9. The maximum absolute atomic E-state index is 3.55. The van der Waals surface area contributed by atoms with Gasteiger partial charge in [0.25, 0.3) is 0 Å². The zero-order chi connectivity index (χ0) is 52.7. The Hall–Kier alpha value is -0.0951. The van der Waals surface area contributed by atoms with Crippen molar-refractivity contribution in [2.24, 2.45) is 88.8 Å². The first kappa shape index (κ1) is 54.6. The summed E-state index contributed by atoms with van der Waals surface area (Å²) in [5.74, 6) is 16.8. The van der Waals surface area contributed by atoms with Gasteiger partial charge in [-0.3, -0.25) is 19.6 Å². The lowest BCUT2D eigenvalue weighted by Gasteiger charge is -2.58. The molecule has 438 valence electrons. The highest BCUT2D eigenvalue weighted by Crippen LogP contribution is 2.66. The van der Waals surface area contributed by atoms with Gasteiger partial charge >= 0.3 is 0 Å². The molecule has 4 saturated heterocycles. The standard InChI is InChI=1S/C73H123BN4/c1-44-38-45(2)69(46(3)39-44)74(70-47(4)40-53(41-48(70)5)77-61-30-18-14-26-55(61)57-34-36-65-67(72(57)77)59-28-16-20-32-63(59)75(65)51-22-10-8-11-23-51)71-49(6)42-54(43-50(71)7)78-62-31-19-15-27-56(62)58-35-37-66-68(73(58)78)60-29-17-21-33-64(60)76(66)52-24-12-9-13-25-52/h44-73H,8-43H2,1-7H3. The number of hydrogen-bond donors (Lipinski definition) is 0. The van der Waals surface area contributed by atoms with Crippen molar-refractivity contribution in [2.75, 3.05) is 0 Å². The smallest absolute Gasteiger partial charge is 0.151 e. The van der Waals surface area contributed by atoms with Crippen LogP contribution in [-0.4, -0.2) is 98.8 Å². The minimum atomic E-state index is 0.836. The van der Waals surface area contributed by atoms with Gasteiger partial charge in [-0.1, -0.05) is 156 Å². The molecule has 0 bridgehead atoms. The van der Waals surface area contributed by atoms with Crippen molar-refractivity contribution in [3.05, 3.63) is 0 Å². The number of hydrogen-bond acceptors (Lipinski definition) is 4. The van der Waals surface area contributed by atoms with E-state index in [4.69, 9.17) is 0 Å². The van der Waals surface area contributed by atoms with Gasteiger partial charge in [0.15, 0.2) is 6.71 Å². The van der Waals surface area contributed by atoms with E-state index in [1.54, 1.807) is 51.4 Å². The fourth-order valence-corrected chi connectivity index (χ4v) is 29.2. The molecule has 15 fully saturated rings. The van der Waals surface area contributed by atoms with Crippen molar-refractivity contribution in [1.82, 2.24) is 19.6 Å². The van der Waals surface area contributed by atoms with Crippen LogP contribution >= 0.6 is 0 Å². The molecule has 5 heteroatoms. The fourth-order valence-electron chi connectivity index (χ4n) is 29.2. The van der Waals surface area contributed by atoms with Crippen LogP contribution < -0.4 is 0 Å². The fraction of sp³-hybridized carbons (Fsp3) is 1.00. The Morgan fingerprint density at radius 3 is 0.923 bits per heavy atom. The van der Waals surface area contributed by atoms with Crippen LogP contribution in [0.5, 0.6) is 0 Å². The Balaban J connectivity index is 0.729. The van der Waals surface area contributed by atoms with E-state index in [9.17, 15) is 0 Å². The molecule has 78 heavy (non-hydrogen) atoms. The summed E-state index contributed by atoms with van der Waals surface area (Å²) in [6, 6.07) is 10.8. The lowest BCUT2D eigenvalue weighted by atomic mass is 9.18. The van der Waals surface area contributed by atoms with Crippen molar-refractivity contribution in [3.8, 4) is 0 Å². The van der Waals surface area contributed by atoms with Crippen LogP contribution in [0.15, 0.2) is 0 Å². The van der Waals surface area contributed by atoms with Gasteiger partial charge in [0.2, 0.25) is 0 Å². The third-order valence-electron chi connectivity index (χ3n) is 30.6. The molecule has 4 aliphatic heterocycles. The largest absolute Gasteiger partial charge is 0.294 e. The van der Waals surface area contributed by atoms with Crippen LogP contribution in [0.1, 0.15) is 280 Å². The predicted molar refractivity (Wildman–Crippen MR) is 328 cm³/mol. The Morgan fingerprint density at radius 2 is 0.551 bits per heavy atom. The van der Waals surface area contributed by atoms with Gasteiger partial charge in [0.1, 0.15) is 0 Å². The van der Waals surface area contributed by atoms with Crippen LogP contribution in [0.3, 0.4) is 0 Å². The van der Waals surface area contributed by atoms with E-state index in [2.05, 4.69) is 68.1 Å². The summed E-state index contributed by atoms with van der Waals surface area (Å²) >= 11 is 0. The summed E-state index contributed by atoms with van der Waals surface area (Å²) in [5.41, 5.74) is 0. The van der Waals surface area contributed by atoms with Crippen LogP contribution in [0.4, 0.5) is 0 Å². The molecule has 0 aromatic rings. The number of fused-ring (bicyclic) bond motifs is 14. The first-order valence-corrected chi connectivity index (χ1v) is 37.2. The highest BCUT2D eigenvalue weighted by Gasteiger charge is 2.67. The topological polar surface area (TPSA) is 13.0 Å². The monoisotopic (exact) mass is 1070 g/mol. The molecule has 22 unspecified atom stereocenters. The van der Waals surface area contributed by atoms with Crippen molar-refractivity contribution < 1.29 is 0 Å². The van der Waals surface area contributed by atoms with E-state index >= 15 is 0 Å². The van der Waals surface area contributed by atoms with Gasteiger partial charge in [-0.05, 0) is 230 Å². The van der Waals surface area contributed by atoms with E-state index in [1.165, 1.54) is 180 Å². The minimum Gasteiger partial charge on any atom is -0.294 e. The summed E-state index contributed by atoms with van der Waals surface area (Å²) < 4.78 is 0. The summed E-state index contributed by atoms with van der Waals surface area (Å²) in [6.45, 7) is 20.8. The molecule has 11 saturated carbocycles. The molecular formula is C73H123BN4. The quantitative estimate of drug-likeness (QED) is 0.236. The van der Waals surface area contributed by atoms with Crippen molar-refractivity contribution in [3.63, 3.8) is 0 Å². The second kappa shape index (κ2) is 22.3. The SMILES string of the molecule is CC1CC(C)C(B(C2C(C)CC(N3C4CCCCC4C4CCC5C(C6CCCCC6N5C5CCCCC5)C43)CC2C)C2C(C)CC(N3C4CCCCC4C4CCC5C(C6CCCCC6N5C5CCCCC5)C43)CC2C)C(C)C1. The maximum Gasteiger partial charge on any atom is 0.151 e. The lowest BCUT2D eigenvalue weighted by molar-refractivity contribution is -0.0111. The highest BCUT2D eigenvalue weighted by atomic mass is 15.3. The Labute approximate surface area is 482 Å². The first-order chi connectivity index (χ1) is 38.1. The van der Waals surface area contributed by atoms with Crippen molar-refractivity contribution in [2.45, 2.75) is 370 Å².